The number of nitrogens with one attached hydrogen (secondary N) is 1. The normalized spacial score (nSPS) is 13.2. The Bertz CT molecular complexity index is 577. The molecule has 1 aromatic carbocycles. The molecule has 0 saturated carbocycles. The third kappa shape index (κ3) is 4.75. The Morgan fingerprint density at radius 1 is 1.24 bits per heavy atom. The van der Waals surface area contributed by atoms with Crippen LogP contribution in [0.5, 0.6) is 0 Å². The molecule has 2 N–H and O–H groups in total. The van der Waals surface area contributed by atoms with Gasteiger partial charge < -0.3 is 10.4 Å². The number of aliphatic hydroxyl groups is 1. The van der Waals surface area contributed by atoms with Gasteiger partial charge in [0.15, 0.2) is 0 Å². The van der Waals surface area contributed by atoms with E-state index < -0.39 is 6.10 Å². The van der Waals surface area contributed by atoms with Crippen LogP contribution >= 0.6 is 11.3 Å². The number of benzene rings is 1. The molecule has 114 valence electrons. The molecule has 0 fully saturated rings. The molecule has 6 heteroatoms. The van der Waals surface area contributed by atoms with Crippen LogP contribution in [0.1, 0.15) is 31.3 Å². The molecule has 0 saturated heterocycles. The second-order valence-corrected chi connectivity index (χ2v) is 7.13. The topological polar surface area (TPSA) is 58.0 Å². The molecule has 0 radical (unpaired) electrons. The van der Waals surface area contributed by atoms with Gasteiger partial charge in [-0.25, -0.2) is 4.39 Å². The number of aliphatic hydroxyl groups excluding tert-OH is 1. The molecule has 0 aliphatic rings. The molecule has 1 heterocycles. The van der Waals surface area contributed by atoms with Crippen molar-refractivity contribution in [3.63, 3.8) is 0 Å². The van der Waals surface area contributed by atoms with Crippen LogP contribution in [0.25, 0.3) is 0 Å². The zero-order chi connectivity index (χ0) is 15.5. The lowest BCUT2D eigenvalue weighted by molar-refractivity contribution is 0.0746. The van der Waals surface area contributed by atoms with Crippen LogP contribution in [0.15, 0.2) is 24.3 Å². The Hall–Kier alpha value is -1.53. The molecule has 2 rings (SSSR count). The van der Waals surface area contributed by atoms with Gasteiger partial charge in [-0.1, -0.05) is 44.2 Å². The van der Waals surface area contributed by atoms with E-state index in [0.29, 0.717) is 18.1 Å². The van der Waals surface area contributed by atoms with Crippen LogP contribution < -0.4 is 5.32 Å². The molecule has 2 aromatic rings. The number of hydrogen-bond acceptors (Lipinski definition) is 5. The third-order valence-electron chi connectivity index (χ3n) is 3.18. The summed E-state index contributed by atoms with van der Waals surface area (Å²) in [6.07, 6.45) is 0.170. The van der Waals surface area contributed by atoms with Crippen molar-refractivity contribution in [1.29, 1.82) is 0 Å². The van der Waals surface area contributed by atoms with E-state index in [1.807, 2.05) is 20.8 Å². The largest absolute Gasteiger partial charge is 0.391 e. The lowest BCUT2D eigenvalue weighted by Gasteiger charge is -2.25. The van der Waals surface area contributed by atoms with E-state index in [0.717, 1.165) is 10.6 Å². The quantitative estimate of drug-likeness (QED) is 0.891. The maximum absolute atomic E-state index is 12.8. The fourth-order valence-corrected chi connectivity index (χ4v) is 2.44. The zero-order valence-corrected chi connectivity index (χ0v) is 13.2. The Morgan fingerprint density at radius 2 is 1.90 bits per heavy atom. The minimum Gasteiger partial charge on any atom is -0.391 e. The van der Waals surface area contributed by atoms with Crippen molar-refractivity contribution in [2.24, 2.45) is 5.41 Å². The maximum Gasteiger partial charge on any atom is 0.205 e. The van der Waals surface area contributed by atoms with Crippen molar-refractivity contribution in [3.05, 3.63) is 40.7 Å². The molecule has 0 aliphatic carbocycles. The summed E-state index contributed by atoms with van der Waals surface area (Å²) in [6, 6.07) is 6.37. The van der Waals surface area contributed by atoms with E-state index in [1.54, 1.807) is 12.1 Å². The van der Waals surface area contributed by atoms with Crippen molar-refractivity contribution in [2.45, 2.75) is 33.3 Å². The summed E-state index contributed by atoms with van der Waals surface area (Å²) in [6.45, 7) is 6.40. The molecular formula is C15H20FN3OS. The number of nitrogens with zero attached hydrogens (tertiary/aromatic N) is 2. The van der Waals surface area contributed by atoms with Gasteiger partial charge in [-0.05, 0) is 23.1 Å². The summed E-state index contributed by atoms with van der Waals surface area (Å²) in [5, 5.41) is 22.8. The number of halogens is 1. The SMILES string of the molecule is CC(C)(C)C(O)CNc1nnc(Cc2ccc(F)cc2)s1. The zero-order valence-electron chi connectivity index (χ0n) is 12.4. The molecule has 4 nitrogen and oxygen atoms in total. The van der Waals surface area contributed by atoms with Crippen LogP contribution in [0, 0.1) is 11.2 Å². The summed E-state index contributed by atoms with van der Waals surface area (Å²) in [4.78, 5) is 0. The van der Waals surface area contributed by atoms with Gasteiger partial charge in [-0.15, -0.1) is 10.2 Å². The Labute approximate surface area is 128 Å². The van der Waals surface area contributed by atoms with Crippen LogP contribution in [0.4, 0.5) is 9.52 Å². The highest BCUT2D eigenvalue weighted by Gasteiger charge is 2.22. The number of hydrogen-bond donors (Lipinski definition) is 2. The number of rotatable bonds is 5. The van der Waals surface area contributed by atoms with E-state index in [1.165, 1.54) is 23.5 Å². The first kappa shape index (κ1) is 15.9. The molecule has 0 spiro atoms. The van der Waals surface area contributed by atoms with E-state index >= 15 is 0 Å². The first-order valence-corrected chi connectivity index (χ1v) is 7.65. The van der Waals surface area contributed by atoms with Gasteiger partial charge >= 0.3 is 0 Å². The summed E-state index contributed by atoms with van der Waals surface area (Å²) < 4.78 is 12.8. The van der Waals surface area contributed by atoms with Gasteiger partial charge in [-0.3, -0.25) is 0 Å². The van der Waals surface area contributed by atoms with Crippen molar-refractivity contribution in [3.8, 4) is 0 Å². The second kappa shape index (κ2) is 6.49. The van der Waals surface area contributed by atoms with Crippen LogP contribution in [0.2, 0.25) is 0 Å². The highest BCUT2D eigenvalue weighted by Crippen LogP contribution is 2.22. The fourth-order valence-electron chi connectivity index (χ4n) is 1.66. The predicted octanol–water partition coefficient (Wildman–Crippen LogP) is 3.09. The van der Waals surface area contributed by atoms with E-state index in [9.17, 15) is 9.50 Å². The Balaban J connectivity index is 1.91. The molecule has 1 aromatic heterocycles. The number of anilines is 1. The molecule has 0 amide bonds. The summed E-state index contributed by atoms with van der Waals surface area (Å²) in [5.74, 6) is -0.241. The minimum absolute atomic E-state index is 0.172. The smallest absolute Gasteiger partial charge is 0.205 e. The van der Waals surface area contributed by atoms with E-state index in [4.69, 9.17) is 0 Å². The van der Waals surface area contributed by atoms with Gasteiger partial charge in [0.05, 0.1) is 6.10 Å². The summed E-state index contributed by atoms with van der Waals surface area (Å²) in [7, 11) is 0. The van der Waals surface area contributed by atoms with E-state index in [-0.39, 0.29) is 11.2 Å². The van der Waals surface area contributed by atoms with Crippen LogP contribution in [-0.4, -0.2) is 28.0 Å². The average molecular weight is 309 g/mol. The third-order valence-corrected chi connectivity index (χ3v) is 4.06. The van der Waals surface area contributed by atoms with E-state index in [2.05, 4.69) is 15.5 Å². The van der Waals surface area contributed by atoms with Crippen molar-refractivity contribution in [2.75, 3.05) is 11.9 Å². The molecule has 1 atom stereocenters. The molecule has 0 bridgehead atoms. The van der Waals surface area contributed by atoms with Gasteiger partial charge in [0.25, 0.3) is 0 Å². The van der Waals surface area contributed by atoms with Crippen LogP contribution in [-0.2, 0) is 6.42 Å². The molecular weight excluding hydrogens is 289 g/mol. The van der Waals surface area contributed by atoms with Gasteiger partial charge in [0.1, 0.15) is 10.8 Å². The second-order valence-electron chi connectivity index (χ2n) is 6.07. The standard InChI is InChI=1S/C15H20FN3OS/c1-15(2,3)12(20)9-17-14-19-18-13(21-14)8-10-4-6-11(16)7-5-10/h4-7,12,20H,8-9H2,1-3H3,(H,17,19). The van der Waals surface area contributed by atoms with Gasteiger partial charge in [0, 0.05) is 13.0 Å². The predicted molar refractivity (Wildman–Crippen MR) is 83.1 cm³/mol. The highest BCUT2D eigenvalue weighted by molar-refractivity contribution is 7.15. The minimum atomic E-state index is -0.457. The number of aromatic nitrogens is 2. The summed E-state index contributed by atoms with van der Waals surface area (Å²) >= 11 is 1.45. The van der Waals surface area contributed by atoms with Crippen LogP contribution in [0.3, 0.4) is 0 Å². The van der Waals surface area contributed by atoms with Gasteiger partial charge in [0.2, 0.25) is 5.13 Å². The lowest BCUT2D eigenvalue weighted by Crippen LogP contribution is -2.32. The highest BCUT2D eigenvalue weighted by atomic mass is 32.1. The summed E-state index contributed by atoms with van der Waals surface area (Å²) in [5.41, 5.74) is 0.822. The van der Waals surface area contributed by atoms with Crippen molar-refractivity contribution in [1.82, 2.24) is 10.2 Å². The fraction of sp³-hybridized carbons (Fsp3) is 0.467. The Morgan fingerprint density at radius 3 is 2.52 bits per heavy atom. The lowest BCUT2D eigenvalue weighted by atomic mass is 9.89. The van der Waals surface area contributed by atoms with Gasteiger partial charge in [-0.2, -0.15) is 0 Å². The Kier molecular flexibility index (Phi) is 4.90. The molecule has 1 unspecified atom stereocenters. The average Bonchev–Trinajstić information content (AvgIpc) is 2.85. The molecule has 0 aliphatic heterocycles. The molecule has 21 heavy (non-hydrogen) atoms. The first-order chi connectivity index (χ1) is 9.84. The van der Waals surface area contributed by atoms with Crippen molar-refractivity contribution < 1.29 is 9.50 Å². The first-order valence-electron chi connectivity index (χ1n) is 6.83. The monoisotopic (exact) mass is 309 g/mol. The van der Waals surface area contributed by atoms with Crippen molar-refractivity contribution >= 4 is 16.5 Å². The maximum atomic E-state index is 12.8.